The number of nitrogens with zero attached hydrogens (tertiary/aromatic N) is 4. The van der Waals surface area contributed by atoms with E-state index in [4.69, 9.17) is 0 Å². The molecule has 0 aliphatic carbocycles. The van der Waals surface area contributed by atoms with Gasteiger partial charge in [-0.1, -0.05) is 0 Å². The van der Waals surface area contributed by atoms with Gasteiger partial charge in [0.15, 0.2) is 5.65 Å². The first kappa shape index (κ1) is 15.5. The van der Waals surface area contributed by atoms with Crippen molar-refractivity contribution < 1.29 is 9.59 Å². The van der Waals surface area contributed by atoms with E-state index in [1.807, 2.05) is 11.0 Å². The maximum absolute atomic E-state index is 12.5. The minimum atomic E-state index is 0.0170. The van der Waals surface area contributed by atoms with Gasteiger partial charge in [0.1, 0.15) is 0 Å². The Morgan fingerprint density at radius 3 is 2.92 bits per heavy atom. The van der Waals surface area contributed by atoms with Crippen molar-refractivity contribution in [3.8, 4) is 0 Å². The fourth-order valence-corrected chi connectivity index (χ4v) is 3.69. The first-order valence-corrected chi connectivity index (χ1v) is 8.89. The van der Waals surface area contributed by atoms with Crippen LogP contribution in [0.25, 0.3) is 11.0 Å². The van der Waals surface area contributed by atoms with Gasteiger partial charge in [0.2, 0.25) is 11.8 Å². The highest BCUT2D eigenvalue weighted by atomic mass is 79.9. The fraction of sp³-hybridized carbons (Fsp3) is 0.412. The zero-order valence-corrected chi connectivity index (χ0v) is 14.8. The molecule has 0 spiro atoms. The lowest BCUT2D eigenvalue weighted by molar-refractivity contribution is -0.139. The van der Waals surface area contributed by atoms with Crippen LogP contribution in [-0.4, -0.2) is 51.2 Å². The molecule has 0 radical (unpaired) electrons. The predicted octanol–water partition coefficient (Wildman–Crippen LogP) is 1.90. The molecule has 0 bridgehead atoms. The summed E-state index contributed by atoms with van der Waals surface area (Å²) in [6.07, 6.45) is 3.89. The molecule has 24 heavy (non-hydrogen) atoms. The Morgan fingerprint density at radius 2 is 2.12 bits per heavy atom. The second-order valence-corrected chi connectivity index (χ2v) is 7.19. The number of pyridine rings is 2. The van der Waals surface area contributed by atoms with Crippen LogP contribution in [0.5, 0.6) is 0 Å². The molecule has 4 rings (SSSR count). The highest BCUT2D eigenvalue weighted by Gasteiger charge is 2.27. The van der Waals surface area contributed by atoms with Crippen molar-refractivity contribution in [2.75, 3.05) is 19.6 Å². The summed E-state index contributed by atoms with van der Waals surface area (Å²) in [5, 5.41) is 0.965. The van der Waals surface area contributed by atoms with Crippen LogP contribution in [0, 0.1) is 0 Å². The topological polar surface area (TPSA) is 66.4 Å². The molecule has 1 fully saturated rings. The van der Waals surface area contributed by atoms with Crippen LogP contribution in [-0.2, 0) is 22.6 Å². The standard InChI is InChI=1S/C17H17BrN4O2/c18-13-7-11-6-12-9-22(5-3-14(12)20-17(11)19-8-13)16(24)10-21-4-1-2-15(21)23/h6-8H,1-5,9-10H2. The second kappa shape index (κ2) is 6.12. The van der Waals surface area contributed by atoms with Crippen molar-refractivity contribution in [3.63, 3.8) is 0 Å². The van der Waals surface area contributed by atoms with E-state index in [0.29, 0.717) is 26.1 Å². The number of amides is 2. The lowest BCUT2D eigenvalue weighted by atomic mass is 10.0. The summed E-state index contributed by atoms with van der Waals surface area (Å²) in [4.78, 5) is 36.7. The van der Waals surface area contributed by atoms with Crippen LogP contribution in [0.1, 0.15) is 24.1 Å². The number of rotatable bonds is 2. The molecule has 7 heteroatoms. The Balaban J connectivity index is 1.54. The number of hydrogen-bond acceptors (Lipinski definition) is 4. The molecule has 0 aromatic carbocycles. The number of carbonyl (C=O) groups excluding carboxylic acids is 2. The molecule has 0 unspecified atom stereocenters. The summed E-state index contributed by atoms with van der Waals surface area (Å²) in [5.74, 6) is 0.104. The fourth-order valence-electron chi connectivity index (χ4n) is 3.34. The second-order valence-electron chi connectivity index (χ2n) is 6.28. The summed E-state index contributed by atoms with van der Waals surface area (Å²) < 4.78 is 0.910. The van der Waals surface area contributed by atoms with Crippen molar-refractivity contribution in [1.29, 1.82) is 0 Å². The summed E-state index contributed by atoms with van der Waals surface area (Å²) >= 11 is 3.43. The van der Waals surface area contributed by atoms with Gasteiger partial charge < -0.3 is 9.80 Å². The van der Waals surface area contributed by atoms with Crippen LogP contribution in [0.2, 0.25) is 0 Å². The lowest BCUT2D eigenvalue weighted by Crippen LogP contribution is -2.43. The Hall–Kier alpha value is -2.02. The SMILES string of the molecule is O=C1CCCN1CC(=O)N1CCc2nc3ncc(Br)cc3cc2C1. The molecule has 0 N–H and O–H groups in total. The van der Waals surface area contributed by atoms with E-state index < -0.39 is 0 Å². The Morgan fingerprint density at radius 1 is 1.25 bits per heavy atom. The largest absolute Gasteiger partial charge is 0.336 e. The van der Waals surface area contributed by atoms with Gasteiger partial charge >= 0.3 is 0 Å². The number of hydrogen-bond donors (Lipinski definition) is 0. The summed E-state index contributed by atoms with van der Waals surface area (Å²) in [6, 6.07) is 4.05. The van der Waals surface area contributed by atoms with Gasteiger partial charge in [-0.25, -0.2) is 9.97 Å². The van der Waals surface area contributed by atoms with Gasteiger partial charge in [-0.05, 0) is 40.0 Å². The first-order chi connectivity index (χ1) is 11.6. The van der Waals surface area contributed by atoms with Gasteiger partial charge in [-0.15, -0.1) is 0 Å². The predicted molar refractivity (Wildman–Crippen MR) is 92.2 cm³/mol. The van der Waals surface area contributed by atoms with E-state index in [-0.39, 0.29) is 18.4 Å². The molecule has 2 aliphatic rings. The molecule has 2 aliphatic heterocycles. The molecule has 0 atom stereocenters. The van der Waals surface area contributed by atoms with Crippen molar-refractivity contribution >= 4 is 38.8 Å². The Bertz CT molecular complexity index is 839. The van der Waals surface area contributed by atoms with Crippen molar-refractivity contribution in [2.24, 2.45) is 0 Å². The van der Waals surface area contributed by atoms with Gasteiger partial charge in [-0.3, -0.25) is 9.59 Å². The van der Waals surface area contributed by atoms with Crippen molar-refractivity contribution in [1.82, 2.24) is 19.8 Å². The van der Waals surface area contributed by atoms with Crippen LogP contribution in [0.15, 0.2) is 22.8 Å². The molecule has 0 saturated carbocycles. The third-order valence-corrected chi connectivity index (χ3v) is 5.07. The number of likely N-dealkylation sites (tertiary alicyclic amines) is 1. The Kier molecular flexibility index (Phi) is 3.96. The van der Waals surface area contributed by atoms with Crippen LogP contribution in [0.3, 0.4) is 0 Å². The molecular formula is C17H17BrN4O2. The molecular weight excluding hydrogens is 372 g/mol. The number of aromatic nitrogens is 2. The minimum absolute atomic E-state index is 0.0170. The molecule has 124 valence electrons. The minimum Gasteiger partial charge on any atom is -0.336 e. The van der Waals surface area contributed by atoms with E-state index in [0.717, 1.165) is 39.6 Å². The zero-order valence-electron chi connectivity index (χ0n) is 13.2. The van der Waals surface area contributed by atoms with E-state index in [1.54, 1.807) is 11.1 Å². The van der Waals surface area contributed by atoms with E-state index in [9.17, 15) is 9.59 Å². The first-order valence-electron chi connectivity index (χ1n) is 8.10. The summed E-state index contributed by atoms with van der Waals surface area (Å²) in [5.41, 5.74) is 2.81. The van der Waals surface area contributed by atoms with Gasteiger partial charge in [0.05, 0.1) is 6.54 Å². The smallest absolute Gasteiger partial charge is 0.242 e. The molecule has 4 heterocycles. The summed E-state index contributed by atoms with van der Waals surface area (Å²) in [6.45, 7) is 2.08. The highest BCUT2D eigenvalue weighted by molar-refractivity contribution is 9.10. The van der Waals surface area contributed by atoms with E-state index >= 15 is 0 Å². The van der Waals surface area contributed by atoms with Gasteiger partial charge in [0.25, 0.3) is 0 Å². The molecule has 2 aromatic rings. The quantitative estimate of drug-likeness (QED) is 0.787. The maximum atomic E-state index is 12.5. The van der Waals surface area contributed by atoms with E-state index in [2.05, 4.69) is 32.0 Å². The average molecular weight is 389 g/mol. The van der Waals surface area contributed by atoms with E-state index in [1.165, 1.54) is 0 Å². The highest BCUT2D eigenvalue weighted by Crippen LogP contribution is 2.24. The van der Waals surface area contributed by atoms with Gasteiger partial charge in [0, 0.05) is 54.2 Å². The van der Waals surface area contributed by atoms with Crippen LogP contribution >= 0.6 is 15.9 Å². The summed E-state index contributed by atoms with van der Waals surface area (Å²) in [7, 11) is 0. The van der Waals surface area contributed by atoms with Crippen molar-refractivity contribution in [2.45, 2.75) is 25.8 Å². The third-order valence-electron chi connectivity index (χ3n) is 4.63. The third kappa shape index (κ3) is 2.88. The molecule has 6 nitrogen and oxygen atoms in total. The molecule has 2 aromatic heterocycles. The van der Waals surface area contributed by atoms with Crippen LogP contribution in [0.4, 0.5) is 0 Å². The number of halogens is 1. The lowest BCUT2D eigenvalue weighted by Gasteiger charge is -2.30. The average Bonchev–Trinajstić information content (AvgIpc) is 2.97. The zero-order chi connectivity index (χ0) is 16.7. The molecule has 1 saturated heterocycles. The monoisotopic (exact) mass is 388 g/mol. The normalized spacial score (nSPS) is 17.5. The number of fused-ring (bicyclic) bond motifs is 2. The van der Waals surface area contributed by atoms with Gasteiger partial charge in [-0.2, -0.15) is 0 Å². The molecule has 2 amide bonds. The number of carbonyl (C=O) groups is 2. The Labute approximate surface area is 148 Å². The van der Waals surface area contributed by atoms with Crippen LogP contribution < -0.4 is 0 Å². The maximum Gasteiger partial charge on any atom is 0.242 e. The van der Waals surface area contributed by atoms with Crippen molar-refractivity contribution in [3.05, 3.63) is 34.1 Å².